The highest BCUT2D eigenvalue weighted by Gasteiger charge is 2.40. The summed E-state index contributed by atoms with van der Waals surface area (Å²) in [5, 5.41) is 41.8. The number of carbonyl (C=O) groups is 8. The van der Waals surface area contributed by atoms with Crippen molar-refractivity contribution in [2.24, 2.45) is 11.7 Å². The number of aromatic nitrogens is 1. The van der Waals surface area contributed by atoms with E-state index in [9.17, 15) is 53.7 Å². The molecule has 8 atom stereocenters. The van der Waals surface area contributed by atoms with E-state index in [0.29, 0.717) is 12.0 Å². The van der Waals surface area contributed by atoms with Gasteiger partial charge in [0.2, 0.25) is 35.4 Å². The molecule has 0 saturated carbocycles. The Hall–Kier alpha value is -5.56. The Bertz CT molecular complexity index is 1740. The average molecular weight is 773 g/mol. The first-order chi connectivity index (χ1) is 25.8. The van der Waals surface area contributed by atoms with Gasteiger partial charge in [0, 0.05) is 30.1 Å². The molecule has 19 heteroatoms. The second kappa shape index (κ2) is 19.7. The second-order valence-electron chi connectivity index (χ2n) is 14.2. The number of hydrogen-bond acceptors (Lipinski definition) is 10. The van der Waals surface area contributed by atoms with Crippen molar-refractivity contribution in [3.63, 3.8) is 0 Å². The van der Waals surface area contributed by atoms with Crippen molar-refractivity contribution in [3.8, 4) is 0 Å². The first-order valence-corrected chi connectivity index (χ1v) is 18.1. The van der Waals surface area contributed by atoms with Crippen LogP contribution in [0.5, 0.6) is 0 Å². The molecule has 1 saturated heterocycles. The maximum Gasteiger partial charge on any atom is 0.326 e. The number of hydrogen-bond donors (Lipinski definition) is 10. The van der Waals surface area contributed by atoms with E-state index in [1.165, 1.54) is 20.8 Å². The molecule has 1 aromatic carbocycles. The highest BCUT2D eigenvalue weighted by atomic mass is 16.4. The Kier molecular flexibility index (Phi) is 15.7. The predicted octanol–water partition coefficient (Wildman–Crippen LogP) is -1.52. The molecule has 302 valence electrons. The molecule has 6 amide bonds. The molecular formula is C36H52N8O11. The lowest BCUT2D eigenvalue weighted by Crippen LogP contribution is -2.59. The molecule has 0 unspecified atom stereocenters. The number of benzene rings is 1. The van der Waals surface area contributed by atoms with Crippen LogP contribution in [0.25, 0.3) is 10.9 Å². The summed E-state index contributed by atoms with van der Waals surface area (Å²) >= 11 is 0. The molecule has 0 aliphatic carbocycles. The minimum absolute atomic E-state index is 0.0518. The standard InChI is InChI=1S/C36H52N8O11/c1-17(2)13-26(36(54)55)43-33(51)27-11-8-12-44(27)35(53)25(15-28(46)47)42-31(49)18(3)39-32(50)24(14-21-16-38-23-10-7-6-9-22(21)23)41-30(48)19(4)40-34(52)29(37)20(5)45/h6-7,9-10,16-20,24-27,29,38,45H,8,11-15,37H2,1-5H3,(H,39,50)(H,40,52)(H,41,48)(H,42,49)(H,43,51)(H,46,47)(H,54,55)/t18-,19-,20+,24-,25-,26-,27-,29-/m0/s1. The molecule has 11 N–H and O–H groups in total. The fourth-order valence-electron chi connectivity index (χ4n) is 6.14. The number of aliphatic hydroxyl groups excluding tert-OH is 1. The van der Waals surface area contributed by atoms with E-state index in [0.717, 1.165) is 15.8 Å². The van der Waals surface area contributed by atoms with Gasteiger partial charge in [-0.2, -0.15) is 0 Å². The van der Waals surface area contributed by atoms with Crippen molar-refractivity contribution in [1.29, 1.82) is 0 Å². The number of likely N-dealkylation sites (tertiary alicyclic amines) is 1. The molecule has 1 aliphatic rings. The van der Waals surface area contributed by atoms with E-state index in [1.54, 1.807) is 38.2 Å². The largest absolute Gasteiger partial charge is 0.481 e. The van der Waals surface area contributed by atoms with Gasteiger partial charge in [-0.05, 0) is 57.6 Å². The molecule has 0 bridgehead atoms. The number of fused-ring (bicyclic) bond motifs is 1. The van der Waals surface area contributed by atoms with Crippen LogP contribution in [-0.4, -0.2) is 128 Å². The normalized spacial score (nSPS) is 17.9. The lowest BCUT2D eigenvalue weighted by Gasteiger charge is -2.30. The molecule has 1 aliphatic heterocycles. The SMILES string of the molecule is CC(C)C[C@H](NC(=O)[C@@H]1CCCN1C(=O)[C@H](CC(=O)O)NC(=O)[C@H](C)NC(=O)[C@H](Cc1c[nH]c2ccccc12)NC(=O)[C@H](C)NC(=O)[C@@H](N)[C@@H](C)O)C(=O)O. The number of aliphatic hydroxyl groups is 1. The molecular weight excluding hydrogens is 720 g/mol. The molecule has 2 aromatic rings. The number of nitrogens with two attached hydrogens (primary N) is 1. The lowest BCUT2D eigenvalue weighted by molar-refractivity contribution is -0.147. The Balaban J connectivity index is 1.77. The summed E-state index contributed by atoms with van der Waals surface area (Å²) in [6.45, 7) is 7.57. The molecule has 2 heterocycles. The summed E-state index contributed by atoms with van der Waals surface area (Å²) in [6, 6.07) is -1.93. The summed E-state index contributed by atoms with van der Waals surface area (Å²) < 4.78 is 0. The van der Waals surface area contributed by atoms with Gasteiger partial charge in [-0.3, -0.25) is 33.6 Å². The molecule has 3 rings (SSSR count). The zero-order chi connectivity index (χ0) is 41.1. The second-order valence-corrected chi connectivity index (χ2v) is 14.2. The van der Waals surface area contributed by atoms with E-state index in [2.05, 4.69) is 31.6 Å². The van der Waals surface area contributed by atoms with Crippen LogP contribution in [0.1, 0.15) is 65.9 Å². The number of carboxylic acids is 2. The van der Waals surface area contributed by atoms with Crippen LogP contribution in [0.4, 0.5) is 0 Å². The first kappa shape index (κ1) is 43.8. The number of nitrogens with zero attached hydrogens (tertiary/aromatic N) is 1. The third kappa shape index (κ3) is 12.2. The highest BCUT2D eigenvalue weighted by Crippen LogP contribution is 2.21. The molecule has 19 nitrogen and oxygen atoms in total. The quantitative estimate of drug-likeness (QED) is 0.0779. The van der Waals surface area contributed by atoms with Crippen molar-refractivity contribution >= 4 is 58.3 Å². The number of carbonyl (C=O) groups excluding carboxylic acids is 6. The molecule has 0 spiro atoms. The van der Waals surface area contributed by atoms with Crippen molar-refractivity contribution in [2.75, 3.05) is 6.54 Å². The van der Waals surface area contributed by atoms with Gasteiger partial charge in [-0.15, -0.1) is 0 Å². The number of carboxylic acid groups (broad SMARTS) is 2. The van der Waals surface area contributed by atoms with Gasteiger partial charge in [0.15, 0.2) is 0 Å². The van der Waals surface area contributed by atoms with Crippen molar-refractivity contribution in [2.45, 2.75) is 115 Å². The van der Waals surface area contributed by atoms with Crippen molar-refractivity contribution in [3.05, 3.63) is 36.0 Å². The van der Waals surface area contributed by atoms with E-state index in [1.807, 2.05) is 6.07 Å². The Morgan fingerprint density at radius 2 is 1.42 bits per heavy atom. The van der Waals surface area contributed by atoms with E-state index in [4.69, 9.17) is 5.73 Å². The average Bonchev–Trinajstić information content (AvgIpc) is 3.77. The fourth-order valence-corrected chi connectivity index (χ4v) is 6.14. The fraction of sp³-hybridized carbons (Fsp3) is 0.556. The maximum absolute atomic E-state index is 13.7. The zero-order valence-corrected chi connectivity index (χ0v) is 31.5. The Morgan fingerprint density at radius 3 is 2.00 bits per heavy atom. The number of amides is 6. The Morgan fingerprint density at radius 1 is 0.818 bits per heavy atom. The molecule has 1 aromatic heterocycles. The minimum Gasteiger partial charge on any atom is -0.481 e. The van der Waals surface area contributed by atoms with Crippen LogP contribution in [0.3, 0.4) is 0 Å². The summed E-state index contributed by atoms with van der Waals surface area (Å²) in [5.41, 5.74) is 7.06. The molecule has 55 heavy (non-hydrogen) atoms. The number of rotatable bonds is 19. The maximum atomic E-state index is 13.7. The van der Waals surface area contributed by atoms with Gasteiger partial charge in [-0.25, -0.2) is 4.79 Å². The van der Waals surface area contributed by atoms with Crippen LogP contribution >= 0.6 is 0 Å². The zero-order valence-electron chi connectivity index (χ0n) is 31.5. The van der Waals surface area contributed by atoms with Crippen molar-refractivity contribution in [1.82, 2.24) is 36.5 Å². The van der Waals surface area contributed by atoms with Gasteiger partial charge in [0.1, 0.15) is 42.3 Å². The third-order valence-corrected chi connectivity index (χ3v) is 9.21. The number of H-pyrrole nitrogens is 1. The monoisotopic (exact) mass is 772 g/mol. The predicted molar refractivity (Wildman–Crippen MR) is 197 cm³/mol. The van der Waals surface area contributed by atoms with Crippen LogP contribution in [0.15, 0.2) is 30.5 Å². The van der Waals surface area contributed by atoms with Gasteiger partial charge < -0.3 is 57.5 Å². The number of aromatic amines is 1. The third-order valence-electron chi connectivity index (χ3n) is 9.21. The summed E-state index contributed by atoms with van der Waals surface area (Å²) in [7, 11) is 0. The van der Waals surface area contributed by atoms with E-state index < -0.39 is 102 Å². The van der Waals surface area contributed by atoms with Gasteiger partial charge in [0.25, 0.3) is 0 Å². The molecule has 0 radical (unpaired) electrons. The highest BCUT2D eigenvalue weighted by molar-refractivity contribution is 5.98. The van der Waals surface area contributed by atoms with Gasteiger partial charge >= 0.3 is 11.9 Å². The van der Waals surface area contributed by atoms with Crippen molar-refractivity contribution < 1.29 is 53.7 Å². The lowest BCUT2D eigenvalue weighted by atomic mass is 10.0. The van der Waals surface area contributed by atoms with Crippen LogP contribution < -0.4 is 32.3 Å². The van der Waals surface area contributed by atoms with Crippen LogP contribution in [0, 0.1) is 5.92 Å². The minimum atomic E-state index is -1.65. The first-order valence-electron chi connectivity index (χ1n) is 18.1. The smallest absolute Gasteiger partial charge is 0.326 e. The van der Waals surface area contributed by atoms with Crippen LogP contribution in [0.2, 0.25) is 0 Å². The van der Waals surface area contributed by atoms with E-state index >= 15 is 0 Å². The topological polar surface area (TPSA) is 302 Å². The molecule has 1 fully saturated rings. The summed E-state index contributed by atoms with van der Waals surface area (Å²) in [5.74, 6) is -7.68. The van der Waals surface area contributed by atoms with Crippen LogP contribution in [-0.2, 0) is 44.8 Å². The van der Waals surface area contributed by atoms with E-state index in [-0.39, 0.29) is 31.7 Å². The Labute approximate surface area is 317 Å². The number of nitrogens with one attached hydrogen (secondary N) is 6. The van der Waals surface area contributed by atoms with Gasteiger partial charge in [0.05, 0.1) is 12.5 Å². The summed E-state index contributed by atoms with van der Waals surface area (Å²) in [4.78, 5) is 107. The summed E-state index contributed by atoms with van der Waals surface area (Å²) in [6.07, 6.45) is 0.224. The van der Waals surface area contributed by atoms with Gasteiger partial charge in [-0.1, -0.05) is 32.0 Å². The number of aliphatic carboxylic acids is 2. The number of para-hydroxylation sites is 1.